The van der Waals surface area contributed by atoms with Crippen molar-refractivity contribution >= 4 is 5.91 Å². The first-order valence-corrected chi connectivity index (χ1v) is 7.48. The van der Waals surface area contributed by atoms with Gasteiger partial charge in [0.25, 0.3) is 5.91 Å². The Bertz CT molecular complexity index is 473. The molecule has 0 aromatic carbocycles. The molecule has 1 saturated carbocycles. The van der Waals surface area contributed by atoms with Crippen LogP contribution in [0.25, 0.3) is 0 Å². The highest BCUT2D eigenvalue weighted by Crippen LogP contribution is 2.27. The van der Waals surface area contributed by atoms with Crippen LogP contribution in [0.3, 0.4) is 0 Å². The molecule has 0 saturated heterocycles. The van der Waals surface area contributed by atoms with Crippen molar-refractivity contribution in [3.63, 3.8) is 0 Å². The maximum Gasteiger partial charge on any atom is 0.254 e. The van der Waals surface area contributed by atoms with Crippen molar-refractivity contribution in [2.75, 3.05) is 6.54 Å². The summed E-state index contributed by atoms with van der Waals surface area (Å²) in [4.78, 5) is 12.2. The molecule has 5 heteroatoms. The van der Waals surface area contributed by atoms with Gasteiger partial charge in [0.1, 0.15) is 0 Å². The van der Waals surface area contributed by atoms with E-state index in [1.165, 1.54) is 6.42 Å². The second-order valence-electron chi connectivity index (χ2n) is 6.15. The fourth-order valence-electron chi connectivity index (χ4n) is 2.89. The first-order chi connectivity index (χ1) is 9.43. The summed E-state index contributed by atoms with van der Waals surface area (Å²) in [6, 6.07) is 0.235. The summed E-state index contributed by atoms with van der Waals surface area (Å²) in [7, 11) is 0. The van der Waals surface area contributed by atoms with Crippen LogP contribution in [0.4, 0.5) is 0 Å². The van der Waals surface area contributed by atoms with Crippen LogP contribution in [0.15, 0.2) is 6.20 Å². The van der Waals surface area contributed by atoms with Crippen LogP contribution in [0.1, 0.15) is 68.0 Å². The van der Waals surface area contributed by atoms with Gasteiger partial charge in [-0.3, -0.25) is 9.48 Å². The van der Waals surface area contributed by atoms with Crippen molar-refractivity contribution in [1.29, 1.82) is 0 Å². The molecule has 1 fully saturated rings. The highest BCUT2D eigenvalue weighted by atomic mass is 16.3. The molecule has 0 atom stereocenters. The number of hydrogen-bond donors (Lipinski definition) is 2. The number of carbonyl (C=O) groups excluding carboxylic acids is 1. The van der Waals surface area contributed by atoms with Gasteiger partial charge in [-0.1, -0.05) is 19.3 Å². The van der Waals surface area contributed by atoms with E-state index in [0.29, 0.717) is 12.1 Å². The summed E-state index contributed by atoms with van der Waals surface area (Å²) in [6.45, 7) is 6.30. The molecule has 1 amide bonds. The summed E-state index contributed by atoms with van der Waals surface area (Å²) in [5, 5.41) is 17.5. The zero-order valence-corrected chi connectivity index (χ0v) is 12.6. The number of aliphatic hydroxyl groups is 1. The summed E-state index contributed by atoms with van der Waals surface area (Å²) < 4.78 is 1.84. The third-order valence-corrected chi connectivity index (χ3v) is 4.14. The summed E-state index contributed by atoms with van der Waals surface area (Å²) in [6.07, 6.45) is 6.41. The molecule has 1 aromatic rings. The van der Waals surface area contributed by atoms with Gasteiger partial charge in [0.15, 0.2) is 0 Å². The SMILES string of the molecule is Cc1c(C(=O)NCC2(O)CCCCC2)cnn1C(C)C. The van der Waals surface area contributed by atoms with Gasteiger partial charge in [-0.25, -0.2) is 0 Å². The summed E-state index contributed by atoms with van der Waals surface area (Å²) in [5.41, 5.74) is 0.738. The van der Waals surface area contributed by atoms with Crippen molar-refractivity contribution in [2.45, 2.75) is 64.5 Å². The minimum atomic E-state index is -0.726. The Labute approximate surface area is 120 Å². The highest BCUT2D eigenvalue weighted by Gasteiger charge is 2.30. The highest BCUT2D eigenvalue weighted by molar-refractivity contribution is 5.95. The molecule has 5 nitrogen and oxygen atoms in total. The van der Waals surface area contributed by atoms with Crippen LogP contribution >= 0.6 is 0 Å². The van der Waals surface area contributed by atoms with Gasteiger partial charge < -0.3 is 10.4 Å². The second-order valence-corrected chi connectivity index (χ2v) is 6.15. The molecule has 0 unspecified atom stereocenters. The van der Waals surface area contributed by atoms with E-state index in [1.807, 2.05) is 25.5 Å². The third kappa shape index (κ3) is 3.20. The standard InChI is InChI=1S/C15H25N3O2/c1-11(2)18-12(3)13(9-17-18)14(19)16-10-15(20)7-5-4-6-8-15/h9,11,20H,4-8,10H2,1-3H3,(H,16,19). The van der Waals surface area contributed by atoms with E-state index in [9.17, 15) is 9.90 Å². The molecule has 112 valence electrons. The molecular weight excluding hydrogens is 254 g/mol. The van der Waals surface area contributed by atoms with Crippen LogP contribution in [0.2, 0.25) is 0 Å². The molecule has 20 heavy (non-hydrogen) atoms. The predicted octanol–water partition coefficient (Wildman–Crippen LogP) is 2.20. The van der Waals surface area contributed by atoms with E-state index < -0.39 is 5.60 Å². The van der Waals surface area contributed by atoms with Gasteiger partial charge >= 0.3 is 0 Å². The van der Waals surface area contributed by atoms with Gasteiger partial charge in [-0.15, -0.1) is 0 Å². The maximum atomic E-state index is 12.2. The van der Waals surface area contributed by atoms with Gasteiger partial charge in [-0.05, 0) is 33.6 Å². The smallest absolute Gasteiger partial charge is 0.254 e. The largest absolute Gasteiger partial charge is 0.388 e. The number of rotatable bonds is 4. The number of aromatic nitrogens is 2. The lowest BCUT2D eigenvalue weighted by molar-refractivity contribution is 0.00524. The monoisotopic (exact) mass is 279 g/mol. The Morgan fingerprint density at radius 2 is 2.10 bits per heavy atom. The fraction of sp³-hybridized carbons (Fsp3) is 0.733. The van der Waals surface area contributed by atoms with Gasteiger partial charge in [-0.2, -0.15) is 5.10 Å². The zero-order valence-electron chi connectivity index (χ0n) is 12.6. The lowest BCUT2D eigenvalue weighted by Gasteiger charge is -2.32. The summed E-state index contributed by atoms with van der Waals surface area (Å²) in [5.74, 6) is -0.145. The van der Waals surface area contributed by atoms with E-state index in [1.54, 1.807) is 6.20 Å². The molecular formula is C15H25N3O2. The first kappa shape index (κ1) is 15.0. The second kappa shape index (κ2) is 5.95. The van der Waals surface area contributed by atoms with E-state index in [-0.39, 0.29) is 11.9 Å². The Balaban J connectivity index is 1.98. The molecule has 1 aliphatic rings. The predicted molar refractivity (Wildman–Crippen MR) is 77.7 cm³/mol. The molecule has 1 aromatic heterocycles. The average molecular weight is 279 g/mol. The van der Waals surface area contributed by atoms with E-state index in [2.05, 4.69) is 10.4 Å². The van der Waals surface area contributed by atoms with Crippen LogP contribution in [0, 0.1) is 6.92 Å². The van der Waals surface area contributed by atoms with Crippen LogP contribution in [-0.4, -0.2) is 32.9 Å². The zero-order chi connectivity index (χ0) is 14.8. The first-order valence-electron chi connectivity index (χ1n) is 7.48. The molecule has 0 aliphatic heterocycles. The topological polar surface area (TPSA) is 67.2 Å². The molecule has 1 aliphatic carbocycles. The van der Waals surface area contributed by atoms with Gasteiger partial charge in [0.05, 0.1) is 17.4 Å². The Kier molecular flexibility index (Phi) is 4.48. The molecule has 2 N–H and O–H groups in total. The lowest BCUT2D eigenvalue weighted by Crippen LogP contribution is -2.44. The molecule has 1 heterocycles. The number of amides is 1. The molecule has 0 spiro atoms. The Hall–Kier alpha value is -1.36. The van der Waals surface area contributed by atoms with Crippen molar-refractivity contribution in [1.82, 2.24) is 15.1 Å². The lowest BCUT2D eigenvalue weighted by atomic mass is 9.85. The van der Waals surface area contributed by atoms with Crippen molar-refractivity contribution < 1.29 is 9.90 Å². The number of carbonyl (C=O) groups is 1. The average Bonchev–Trinajstić information content (AvgIpc) is 2.79. The van der Waals surface area contributed by atoms with E-state index in [0.717, 1.165) is 31.4 Å². The van der Waals surface area contributed by atoms with Gasteiger partial charge in [0.2, 0.25) is 0 Å². The Morgan fingerprint density at radius 3 is 2.65 bits per heavy atom. The number of nitrogens with one attached hydrogen (secondary N) is 1. The third-order valence-electron chi connectivity index (χ3n) is 4.14. The minimum absolute atomic E-state index is 0.145. The maximum absolute atomic E-state index is 12.2. The van der Waals surface area contributed by atoms with Crippen LogP contribution in [0.5, 0.6) is 0 Å². The van der Waals surface area contributed by atoms with Crippen LogP contribution < -0.4 is 5.32 Å². The normalized spacial score (nSPS) is 18.2. The quantitative estimate of drug-likeness (QED) is 0.888. The van der Waals surface area contributed by atoms with E-state index in [4.69, 9.17) is 0 Å². The van der Waals surface area contributed by atoms with Gasteiger partial charge in [0, 0.05) is 18.3 Å². The summed E-state index contributed by atoms with van der Waals surface area (Å²) >= 11 is 0. The molecule has 0 radical (unpaired) electrons. The minimum Gasteiger partial charge on any atom is -0.388 e. The van der Waals surface area contributed by atoms with Crippen LogP contribution in [-0.2, 0) is 0 Å². The fourth-order valence-corrected chi connectivity index (χ4v) is 2.89. The Morgan fingerprint density at radius 1 is 1.45 bits per heavy atom. The van der Waals surface area contributed by atoms with Crippen molar-refractivity contribution in [3.05, 3.63) is 17.5 Å². The van der Waals surface area contributed by atoms with Crippen molar-refractivity contribution in [2.24, 2.45) is 0 Å². The number of nitrogens with zero attached hydrogens (tertiary/aromatic N) is 2. The number of hydrogen-bond acceptors (Lipinski definition) is 3. The van der Waals surface area contributed by atoms with Crippen molar-refractivity contribution in [3.8, 4) is 0 Å². The molecule has 0 bridgehead atoms. The molecule has 2 rings (SSSR count). The van der Waals surface area contributed by atoms with E-state index >= 15 is 0 Å².